The van der Waals surface area contributed by atoms with Gasteiger partial charge in [-0.2, -0.15) is 0 Å². The van der Waals surface area contributed by atoms with E-state index in [2.05, 4.69) is 30.3 Å². The molecule has 0 bridgehead atoms. The molecule has 2 atom stereocenters. The van der Waals surface area contributed by atoms with E-state index < -0.39 is 0 Å². The molecule has 3 aliphatic rings. The van der Waals surface area contributed by atoms with Crippen LogP contribution in [0.15, 0.2) is 71.8 Å². The Balaban J connectivity index is 1.47. The summed E-state index contributed by atoms with van der Waals surface area (Å²) in [6.07, 6.45) is 5.61. The monoisotopic (exact) mass is 340 g/mol. The van der Waals surface area contributed by atoms with Crippen LogP contribution in [0.3, 0.4) is 0 Å². The number of hydrogen-bond acceptors (Lipinski definition) is 2. The van der Waals surface area contributed by atoms with Crippen molar-refractivity contribution in [1.82, 2.24) is 0 Å². The van der Waals surface area contributed by atoms with Crippen LogP contribution in [0.2, 0.25) is 0 Å². The number of rotatable bonds is 1. The first-order valence-corrected chi connectivity index (χ1v) is 9.34. The molecule has 3 aliphatic carbocycles. The predicted octanol–water partition coefficient (Wildman–Crippen LogP) is 5.27. The molecule has 5 rings (SSSR count). The van der Waals surface area contributed by atoms with Crippen LogP contribution in [0.5, 0.6) is 0 Å². The van der Waals surface area contributed by atoms with Crippen LogP contribution in [0.1, 0.15) is 52.0 Å². The van der Waals surface area contributed by atoms with Gasteiger partial charge in [0.15, 0.2) is 11.6 Å². The molecule has 0 amide bonds. The van der Waals surface area contributed by atoms with Gasteiger partial charge in [-0.1, -0.05) is 71.8 Å². The Labute approximate surface area is 153 Å². The lowest BCUT2D eigenvalue weighted by Gasteiger charge is -2.38. The maximum absolute atomic E-state index is 13.0. The summed E-state index contributed by atoms with van der Waals surface area (Å²) >= 11 is 0. The largest absolute Gasteiger partial charge is 0.294 e. The van der Waals surface area contributed by atoms with Gasteiger partial charge in [0.1, 0.15) is 0 Å². The van der Waals surface area contributed by atoms with Crippen molar-refractivity contribution in [2.75, 3.05) is 0 Å². The zero-order valence-electron chi connectivity index (χ0n) is 14.6. The highest BCUT2D eigenvalue weighted by molar-refractivity contribution is 6.16. The highest BCUT2D eigenvalue weighted by Crippen LogP contribution is 2.47. The molecule has 0 spiro atoms. The van der Waals surface area contributed by atoms with Crippen LogP contribution in [0.25, 0.3) is 5.57 Å². The third-order valence-electron chi connectivity index (χ3n) is 6.19. The van der Waals surface area contributed by atoms with Crippen molar-refractivity contribution in [2.45, 2.75) is 25.7 Å². The standard InChI is InChI=1S/C24H20O2/c25-23-19-8-4-5-9-20(19)24(26)22-14-18-12-16(15-6-2-1-3-7-15)10-11-17(18)13-21(22)23/h1-10,21-22H,11-14H2. The molecule has 2 heteroatoms. The van der Waals surface area contributed by atoms with Gasteiger partial charge < -0.3 is 0 Å². The lowest BCUT2D eigenvalue weighted by atomic mass is 9.64. The molecule has 0 saturated carbocycles. The number of fused-ring (bicyclic) bond motifs is 2. The number of ketones is 2. The van der Waals surface area contributed by atoms with E-state index in [9.17, 15) is 9.59 Å². The zero-order chi connectivity index (χ0) is 17.7. The Bertz CT molecular complexity index is 978. The molecular formula is C24H20O2. The summed E-state index contributed by atoms with van der Waals surface area (Å²) in [5.74, 6) is -0.0174. The Kier molecular flexibility index (Phi) is 3.53. The second-order valence-corrected chi connectivity index (χ2v) is 7.58. The third kappa shape index (κ3) is 2.33. The molecule has 0 saturated heterocycles. The van der Waals surface area contributed by atoms with Crippen LogP contribution in [-0.2, 0) is 0 Å². The molecule has 2 nitrogen and oxygen atoms in total. The zero-order valence-corrected chi connectivity index (χ0v) is 14.6. The Morgan fingerprint density at radius 3 is 1.92 bits per heavy atom. The molecule has 0 heterocycles. The number of hydrogen-bond donors (Lipinski definition) is 0. The highest BCUT2D eigenvalue weighted by Gasteiger charge is 2.44. The SMILES string of the molecule is O=C1c2ccccc2C(=O)C2CC3=C(CC=C(c4ccccc4)C3)CC12. The quantitative estimate of drug-likeness (QED) is 0.663. The number of allylic oxidation sites excluding steroid dienone is 4. The van der Waals surface area contributed by atoms with E-state index in [1.165, 1.54) is 22.3 Å². The van der Waals surface area contributed by atoms with E-state index in [0.29, 0.717) is 11.1 Å². The molecule has 0 fully saturated rings. The minimum Gasteiger partial charge on any atom is -0.294 e. The summed E-state index contributed by atoms with van der Waals surface area (Å²) in [6.45, 7) is 0. The number of carbonyl (C=O) groups excluding carboxylic acids is 2. The number of carbonyl (C=O) groups is 2. The second-order valence-electron chi connectivity index (χ2n) is 7.58. The van der Waals surface area contributed by atoms with Crippen LogP contribution < -0.4 is 0 Å². The van der Waals surface area contributed by atoms with Crippen LogP contribution in [-0.4, -0.2) is 11.6 Å². The van der Waals surface area contributed by atoms with E-state index in [-0.39, 0.29) is 23.4 Å². The summed E-state index contributed by atoms with van der Waals surface area (Å²) in [7, 11) is 0. The van der Waals surface area contributed by atoms with Crippen molar-refractivity contribution >= 4 is 17.1 Å². The molecule has 0 aromatic heterocycles. The van der Waals surface area contributed by atoms with E-state index in [1.54, 1.807) is 0 Å². The molecular weight excluding hydrogens is 320 g/mol. The summed E-state index contributed by atoms with van der Waals surface area (Å²) < 4.78 is 0. The van der Waals surface area contributed by atoms with Gasteiger partial charge in [0.2, 0.25) is 0 Å². The summed E-state index contributed by atoms with van der Waals surface area (Å²) in [5, 5.41) is 0. The first kappa shape index (κ1) is 15.5. The van der Waals surface area contributed by atoms with Crippen LogP contribution >= 0.6 is 0 Å². The fraction of sp³-hybridized carbons (Fsp3) is 0.250. The maximum Gasteiger partial charge on any atom is 0.167 e. The Morgan fingerprint density at radius 1 is 0.692 bits per heavy atom. The average Bonchev–Trinajstić information content (AvgIpc) is 2.71. The average molecular weight is 340 g/mol. The number of Topliss-reactive ketones (excluding diaryl/α,β-unsaturated/α-hetero) is 2. The second kappa shape index (κ2) is 5.91. The maximum atomic E-state index is 13.0. The lowest BCUT2D eigenvalue weighted by Crippen LogP contribution is -2.39. The fourth-order valence-electron chi connectivity index (χ4n) is 4.81. The van der Waals surface area contributed by atoms with Crippen molar-refractivity contribution in [3.63, 3.8) is 0 Å². The Morgan fingerprint density at radius 2 is 1.27 bits per heavy atom. The van der Waals surface area contributed by atoms with Crippen molar-refractivity contribution in [3.05, 3.63) is 88.5 Å². The third-order valence-corrected chi connectivity index (χ3v) is 6.19. The van der Waals surface area contributed by atoms with Gasteiger partial charge in [0.05, 0.1) is 0 Å². The van der Waals surface area contributed by atoms with Crippen molar-refractivity contribution in [1.29, 1.82) is 0 Å². The first-order chi connectivity index (χ1) is 12.7. The Hall–Kier alpha value is -2.74. The minimum absolute atomic E-state index is 0.160. The minimum atomic E-state index is -0.175. The molecule has 0 aliphatic heterocycles. The molecule has 128 valence electrons. The molecule has 2 aromatic carbocycles. The summed E-state index contributed by atoms with van der Waals surface area (Å²) in [6, 6.07) is 17.8. The fourth-order valence-corrected chi connectivity index (χ4v) is 4.81. The van der Waals surface area contributed by atoms with E-state index in [1.807, 2.05) is 30.3 Å². The van der Waals surface area contributed by atoms with E-state index in [0.717, 1.165) is 25.7 Å². The van der Waals surface area contributed by atoms with Gasteiger partial charge in [-0.25, -0.2) is 0 Å². The number of benzene rings is 2. The lowest BCUT2D eigenvalue weighted by molar-refractivity contribution is 0.0719. The van der Waals surface area contributed by atoms with E-state index >= 15 is 0 Å². The van der Waals surface area contributed by atoms with Crippen LogP contribution in [0.4, 0.5) is 0 Å². The van der Waals surface area contributed by atoms with Gasteiger partial charge in [0, 0.05) is 23.0 Å². The first-order valence-electron chi connectivity index (χ1n) is 9.34. The van der Waals surface area contributed by atoms with Gasteiger partial charge in [-0.15, -0.1) is 0 Å². The van der Waals surface area contributed by atoms with Crippen molar-refractivity contribution in [3.8, 4) is 0 Å². The molecule has 2 aromatic rings. The molecule has 0 radical (unpaired) electrons. The van der Waals surface area contributed by atoms with Gasteiger partial charge >= 0.3 is 0 Å². The highest BCUT2D eigenvalue weighted by atomic mass is 16.1. The van der Waals surface area contributed by atoms with Gasteiger partial charge in [-0.05, 0) is 36.8 Å². The molecule has 0 N–H and O–H groups in total. The van der Waals surface area contributed by atoms with Gasteiger partial charge in [0.25, 0.3) is 0 Å². The smallest absolute Gasteiger partial charge is 0.167 e. The molecule has 26 heavy (non-hydrogen) atoms. The van der Waals surface area contributed by atoms with Crippen molar-refractivity contribution < 1.29 is 9.59 Å². The summed E-state index contributed by atoms with van der Waals surface area (Å²) in [4.78, 5) is 26.0. The topological polar surface area (TPSA) is 34.1 Å². The van der Waals surface area contributed by atoms with Crippen LogP contribution in [0, 0.1) is 11.8 Å². The normalized spacial score (nSPS) is 24.5. The molecule has 2 unspecified atom stereocenters. The predicted molar refractivity (Wildman–Crippen MR) is 102 cm³/mol. The van der Waals surface area contributed by atoms with Crippen molar-refractivity contribution in [2.24, 2.45) is 11.8 Å². The van der Waals surface area contributed by atoms with Gasteiger partial charge in [-0.3, -0.25) is 9.59 Å². The summed E-state index contributed by atoms with van der Waals surface area (Å²) in [5.41, 5.74) is 6.62. The van der Waals surface area contributed by atoms with E-state index in [4.69, 9.17) is 0 Å².